The number of carbonyl (C=O) groups excluding carboxylic acids is 1. The van der Waals surface area contributed by atoms with Crippen molar-refractivity contribution in [2.24, 2.45) is 0 Å². The van der Waals surface area contributed by atoms with Gasteiger partial charge in [0.05, 0.1) is 6.61 Å². The summed E-state index contributed by atoms with van der Waals surface area (Å²) in [4.78, 5) is 14.9. The van der Waals surface area contributed by atoms with Crippen LogP contribution in [0.4, 0.5) is 4.39 Å². The van der Waals surface area contributed by atoms with Crippen molar-refractivity contribution in [2.75, 3.05) is 20.6 Å². The van der Waals surface area contributed by atoms with E-state index in [0.29, 0.717) is 35.1 Å². The summed E-state index contributed by atoms with van der Waals surface area (Å²) in [6.45, 7) is 0.326. The molecular formula is C27H30FNO4. The quantitative estimate of drug-likeness (QED) is 0.409. The molecule has 0 spiro atoms. The second-order valence-electron chi connectivity index (χ2n) is 8.48. The van der Waals surface area contributed by atoms with E-state index in [4.69, 9.17) is 0 Å². The first-order valence-corrected chi connectivity index (χ1v) is 10.9. The Bertz CT molecular complexity index is 1070. The molecule has 0 aliphatic carbocycles. The van der Waals surface area contributed by atoms with Crippen molar-refractivity contribution in [2.45, 2.75) is 31.2 Å². The largest absolute Gasteiger partial charge is 0.392 e. The van der Waals surface area contributed by atoms with Crippen molar-refractivity contribution in [3.05, 3.63) is 106 Å². The summed E-state index contributed by atoms with van der Waals surface area (Å²) in [5.74, 6) is -0.909. The Morgan fingerprint density at radius 2 is 1.70 bits per heavy atom. The van der Waals surface area contributed by atoms with Crippen molar-refractivity contribution in [1.82, 2.24) is 4.90 Å². The van der Waals surface area contributed by atoms with Crippen LogP contribution in [-0.2, 0) is 12.2 Å². The van der Waals surface area contributed by atoms with Crippen LogP contribution in [0.1, 0.15) is 51.6 Å². The van der Waals surface area contributed by atoms with Crippen LogP contribution >= 0.6 is 0 Å². The van der Waals surface area contributed by atoms with Crippen molar-refractivity contribution in [1.29, 1.82) is 0 Å². The predicted molar refractivity (Wildman–Crippen MR) is 125 cm³/mol. The Morgan fingerprint density at radius 1 is 1.03 bits per heavy atom. The smallest absolute Gasteiger partial charge is 0.195 e. The van der Waals surface area contributed by atoms with Crippen LogP contribution in [0.15, 0.2) is 72.8 Å². The van der Waals surface area contributed by atoms with Gasteiger partial charge >= 0.3 is 0 Å². The predicted octanol–water partition coefficient (Wildman–Crippen LogP) is 3.81. The molecule has 2 atom stereocenters. The molecule has 6 heteroatoms. The lowest BCUT2D eigenvalue weighted by Gasteiger charge is -2.32. The summed E-state index contributed by atoms with van der Waals surface area (Å²) in [7, 11) is 3.88. The van der Waals surface area contributed by atoms with E-state index in [-0.39, 0.29) is 5.56 Å². The van der Waals surface area contributed by atoms with Crippen LogP contribution in [0, 0.1) is 5.82 Å². The third kappa shape index (κ3) is 5.72. The minimum atomic E-state index is -1.48. The van der Waals surface area contributed by atoms with Gasteiger partial charge in [-0.1, -0.05) is 54.6 Å². The highest BCUT2D eigenvalue weighted by atomic mass is 19.1. The molecule has 33 heavy (non-hydrogen) atoms. The average molecular weight is 452 g/mol. The average Bonchev–Trinajstić information content (AvgIpc) is 2.83. The van der Waals surface area contributed by atoms with Gasteiger partial charge in [-0.15, -0.1) is 0 Å². The first-order chi connectivity index (χ1) is 15.8. The number of benzene rings is 3. The maximum atomic E-state index is 13.5. The molecule has 0 amide bonds. The van der Waals surface area contributed by atoms with Gasteiger partial charge in [0.15, 0.2) is 5.78 Å². The molecule has 5 nitrogen and oxygen atoms in total. The highest BCUT2D eigenvalue weighted by Crippen LogP contribution is 2.37. The summed E-state index contributed by atoms with van der Waals surface area (Å²) in [6.07, 6.45) is -0.345. The molecular weight excluding hydrogens is 421 g/mol. The SMILES string of the molecule is CN(C)CCCC(O)(c1ccc(F)cc1)c1ccc(C(=O)C(O)c2ccccc2)cc1CO. The molecule has 0 aliphatic heterocycles. The van der Waals surface area contributed by atoms with Crippen LogP contribution in [0.5, 0.6) is 0 Å². The van der Waals surface area contributed by atoms with Crippen molar-refractivity contribution in [3.63, 3.8) is 0 Å². The van der Waals surface area contributed by atoms with Gasteiger partial charge in [-0.25, -0.2) is 4.39 Å². The zero-order chi connectivity index (χ0) is 24.0. The molecule has 0 fully saturated rings. The number of hydrogen-bond acceptors (Lipinski definition) is 5. The Kier molecular flexibility index (Phi) is 8.10. The van der Waals surface area contributed by atoms with E-state index in [9.17, 15) is 24.5 Å². The molecule has 0 radical (unpaired) electrons. The van der Waals surface area contributed by atoms with E-state index in [1.807, 2.05) is 19.0 Å². The van der Waals surface area contributed by atoms with Gasteiger partial charge < -0.3 is 20.2 Å². The number of aliphatic hydroxyl groups is 3. The van der Waals surface area contributed by atoms with E-state index in [1.54, 1.807) is 42.5 Å². The maximum absolute atomic E-state index is 13.5. The molecule has 3 N–H and O–H groups in total. The Morgan fingerprint density at radius 3 is 2.30 bits per heavy atom. The van der Waals surface area contributed by atoms with Gasteiger partial charge in [0.25, 0.3) is 0 Å². The first-order valence-electron chi connectivity index (χ1n) is 10.9. The number of carbonyl (C=O) groups is 1. The van der Waals surface area contributed by atoms with Gasteiger partial charge in [-0.05, 0) is 73.9 Å². The number of halogens is 1. The zero-order valence-corrected chi connectivity index (χ0v) is 18.9. The lowest BCUT2D eigenvalue weighted by molar-refractivity contribution is 0.0638. The van der Waals surface area contributed by atoms with Gasteiger partial charge in [0.1, 0.15) is 17.5 Å². The van der Waals surface area contributed by atoms with Crippen molar-refractivity contribution >= 4 is 5.78 Å². The van der Waals surface area contributed by atoms with Crippen LogP contribution in [0.25, 0.3) is 0 Å². The van der Waals surface area contributed by atoms with Crippen LogP contribution < -0.4 is 0 Å². The Balaban J connectivity index is 2.00. The van der Waals surface area contributed by atoms with E-state index in [0.717, 1.165) is 6.54 Å². The third-order valence-corrected chi connectivity index (χ3v) is 5.84. The number of ketones is 1. The summed E-state index contributed by atoms with van der Waals surface area (Å²) in [5.41, 5.74) is 0.540. The Hall–Kier alpha value is -2.90. The molecule has 2 unspecified atom stereocenters. The van der Waals surface area contributed by atoms with E-state index in [1.165, 1.54) is 30.3 Å². The standard InChI is InChI=1S/C27H30FNO4/c1-29(2)16-6-15-27(33,22-10-12-23(28)13-11-22)24-14-9-20(17-21(24)18-30)26(32)25(31)19-7-4-3-5-8-19/h3-5,7-14,17,25,30-31,33H,6,15-16,18H2,1-2H3. The molecule has 0 aromatic heterocycles. The molecule has 0 heterocycles. The molecule has 174 valence electrons. The zero-order valence-electron chi connectivity index (χ0n) is 18.9. The molecule has 0 bridgehead atoms. The number of aliphatic hydroxyl groups excluding tert-OH is 2. The molecule has 0 saturated heterocycles. The van der Waals surface area contributed by atoms with Gasteiger partial charge in [0, 0.05) is 5.56 Å². The number of rotatable bonds is 10. The Labute approximate surface area is 193 Å². The highest BCUT2D eigenvalue weighted by Gasteiger charge is 2.34. The summed E-state index contributed by atoms with van der Waals surface area (Å²) in [6, 6.07) is 18.9. The highest BCUT2D eigenvalue weighted by molar-refractivity contribution is 6.00. The number of nitrogens with zero attached hydrogens (tertiary/aromatic N) is 1. The molecule has 3 aromatic rings. The normalized spacial score (nSPS) is 14.2. The van der Waals surface area contributed by atoms with Gasteiger partial charge in [0.2, 0.25) is 0 Å². The second-order valence-corrected chi connectivity index (χ2v) is 8.48. The first kappa shape index (κ1) is 24.7. The lowest BCUT2D eigenvalue weighted by atomic mass is 9.79. The monoisotopic (exact) mass is 451 g/mol. The minimum absolute atomic E-state index is 0.230. The summed E-state index contributed by atoms with van der Waals surface area (Å²) >= 11 is 0. The van der Waals surface area contributed by atoms with Crippen LogP contribution in [0.3, 0.4) is 0 Å². The molecule has 3 rings (SSSR count). The summed E-state index contributed by atoms with van der Waals surface area (Å²) in [5, 5.41) is 32.4. The lowest BCUT2D eigenvalue weighted by Crippen LogP contribution is -2.30. The third-order valence-electron chi connectivity index (χ3n) is 5.84. The minimum Gasteiger partial charge on any atom is -0.392 e. The van der Waals surface area contributed by atoms with Crippen molar-refractivity contribution < 1.29 is 24.5 Å². The number of Topliss-reactive ketones (excluding diaryl/α,β-unsaturated/α-hetero) is 1. The van der Waals surface area contributed by atoms with Gasteiger partial charge in [-0.2, -0.15) is 0 Å². The fourth-order valence-electron chi connectivity index (χ4n) is 4.04. The van der Waals surface area contributed by atoms with Crippen molar-refractivity contribution in [3.8, 4) is 0 Å². The molecule has 0 aliphatic rings. The number of hydrogen-bond donors (Lipinski definition) is 3. The van der Waals surface area contributed by atoms with E-state index >= 15 is 0 Å². The molecule has 0 saturated carbocycles. The maximum Gasteiger partial charge on any atom is 0.195 e. The fourth-order valence-corrected chi connectivity index (χ4v) is 4.04. The summed E-state index contributed by atoms with van der Waals surface area (Å²) < 4.78 is 13.5. The van der Waals surface area contributed by atoms with Gasteiger partial charge in [-0.3, -0.25) is 4.79 Å². The van der Waals surface area contributed by atoms with E-state index in [2.05, 4.69) is 0 Å². The second kappa shape index (κ2) is 10.8. The topological polar surface area (TPSA) is 81.0 Å². The van der Waals surface area contributed by atoms with Crippen LogP contribution in [-0.4, -0.2) is 46.6 Å². The fraction of sp³-hybridized carbons (Fsp3) is 0.296. The molecule has 3 aromatic carbocycles. The van der Waals surface area contributed by atoms with Crippen LogP contribution in [0.2, 0.25) is 0 Å². The van der Waals surface area contributed by atoms with E-state index < -0.39 is 29.9 Å².